The molecule has 0 aromatic heterocycles. The highest BCUT2D eigenvalue weighted by Crippen LogP contribution is 2.55. The number of aliphatic carboxylic acids is 1. The van der Waals surface area contributed by atoms with Gasteiger partial charge in [0.15, 0.2) is 0 Å². The summed E-state index contributed by atoms with van der Waals surface area (Å²) in [6.45, 7) is 18.8. The number of carbonyl (C=O) groups excluding carboxylic acids is 3. The van der Waals surface area contributed by atoms with Gasteiger partial charge in [-0.2, -0.15) is 17.7 Å². The van der Waals surface area contributed by atoms with Gasteiger partial charge in [0.25, 0.3) is 0 Å². The maximum atomic E-state index is 13.5. The van der Waals surface area contributed by atoms with E-state index in [1.807, 2.05) is 69.2 Å². The van der Waals surface area contributed by atoms with Crippen molar-refractivity contribution in [3.63, 3.8) is 0 Å². The Morgan fingerprint density at radius 3 is 1.34 bits per heavy atom. The standard InChI is InChI=1S/C30H57N3O8/c1-11-16-30(15-5,22(26(38)41-33)20(24(36)39-31)28(8,9)13-3)18-17-29(10,14-4)21(25(37)40-32)19(23(34)35)27(6,7)12-2/h19-22H,11-18,31-33H2,1-10H3,(H,34,35). The number of carboxylic acid groups (broad SMARTS) is 1. The van der Waals surface area contributed by atoms with Crippen molar-refractivity contribution in [2.45, 2.75) is 121 Å². The summed E-state index contributed by atoms with van der Waals surface area (Å²) in [5.41, 5.74) is -3.16. The van der Waals surface area contributed by atoms with Gasteiger partial charge in [0.2, 0.25) is 0 Å². The van der Waals surface area contributed by atoms with E-state index in [0.717, 1.165) is 0 Å². The van der Waals surface area contributed by atoms with E-state index in [9.17, 15) is 24.3 Å². The van der Waals surface area contributed by atoms with E-state index in [1.54, 1.807) is 0 Å². The quantitative estimate of drug-likeness (QED) is 0.148. The van der Waals surface area contributed by atoms with Gasteiger partial charge in [0.1, 0.15) is 0 Å². The lowest BCUT2D eigenvalue weighted by Gasteiger charge is -2.49. The molecule has 7 N–H and O–H groups in total. The fourth-order valence-corrected chi connectivity index (χ4v) is 6.65. The summed E-state index contributed by atoms with van der Waals surface area (Å²) in [5.74, 6) is 8.70. The van der Waals surface area contributed by atoms with E-state index in [0.29, 0.717) is 51.4 Å². The van der Waals surface area contributed by atoms with E-state index in [4.69, 9.17) is 32.2 Å². The minimum absolute atomic E-state index is 0.339. The summed E-state index contributed by atoms with van der Waals surface area (Å²) in [4.78, 5) is 66.9. The van der Waals surface area contributed by atoms with Crippen molar-refractivity contribution in [1.29, 1.82) is 0 Å². The summed E-state index contributed by atoms with van der Waals surface area (Å²) in [7, 11) is 0. The van der Waals surface area contributed by atoms with Crippen LogP contribution in [0.1, 0.15) is 121 Å². The van der Waals surface area contributed by atoms with Gasteiger partial charge in [0.05, 0.1) is 23.7 Å². The van der Waals surface area contributed by atoms with Gasteiger partial charge in [0, 0.05) is 0 Å². The molecule has 240 valence electrons. The minimum atomic E-state index is -1.11. The van der Waals surface area contributed by atoms with Gasteiger partial charge >= 0.3 is 23.9 Å². The second kappa shape index (κ2) is 15.8. The Hall–Kier alpha value is -2.24. The van der Waals surface area contributed by atoms with Crippen LogP contribution in [0.25, 0.3) is 0 Å². The van der Waals surface area contributed by atoms with Crippen LogP contribution in [-0.2, 0) is 33.7 Å². The Morgan fingerprint density at radius 2 is 1.00 bits per heavy atom. The zero-order chi connectivity index (χ0) is 32.4. The monoisotopic (exact) mass is 587 g/mol. The SMILES string of the molecule is CCCC(CC)(CCC(C)(CC)C(C(=O)ON)C(C(=O)O)C(C)(C)CC)C(C(=O)ON)C(C(=O)ON)C(C)(C)CC. The molecule has 0 aromatic carbocycles. The first-order chi connectivity index (χ1) is 18.9. The van der Waals surface area contributed by atoms with Crippen molar-refractivity contribution >= 4 is 23.9 Å². The summed E-state index contributed by atoms with van der Waals surface area (Å²) < 4.78 is 0. The lowest BCUT2D eigenvalue weighted by atomic mass is 9.54. The summed E-state index contributed by atoms with van der Waals surface area (Å²) in [6.07, 6.45) is 3.87. The van der Waals surface area contributed by atoms with E-state index >= 15 is 0 Å². The van der Waals surface area contributed by atoms with Crippen LogP contribution in [0.3, 0.4) is 0 Å². The average Bonchev–Trinajstić information content (AvgIpc) is 2.94. The zero-order valence-electron chi connectivity index (χ0n) is 27.0. The van der Waals surface area contributed by atoms with Crippen LogP contribution in [0.5, 0.6) is 0 Å². The normalized spacial score (nSPS) is 18.2. The first-order valence-electron chi connectivity index (χ1n) is 14.8. The third kappa shape index (κ3) is 8.64. The molecule has 0 aliphatic heterocycles. The number of carboxylic acids is 1. The number of hydrogen-bond acceptors (Lipinski definition) is 10. The van der Waals surface area contributed by atoms with Crippen LogP contribution >= 0.6 is 0 Å². The van der Waals surface area contributed by atoms with Crippen LogP contribution in [-0.4, -0.2) is 29.0 Å². The molecule has 0 rings (SSSR count). The Morgan fingerprint density at radius 1 is 0.585 bits per heavy atom. The third-order valence-electron chi connectivity index (χ3n) is 10.4. The maximum absolute atomic E-state index is 13.5. The predicted octanol–water partition coefficient (Wildman–Crippen LogP) is 5.05. The molecule has 6 unspecified atom stereocenters. The van der Waals surface area contributed by atoms with Crippen molar-refractivity contribution in [3.05, 3.63) is 0 Å². The van der Waals surface area contributed by atoms with Crippen molar-refractivity contribution in [2.75, 3.05) is 0 Å². The molecule has 0 bridgehead atoms. The summed E-state index contributed by atoms with van der Waals surface area (Å²) >= 11 is 0. The molecular weight excluding hydrogens is 530 g/mol. The van der Waals surface area contributed by atoms with E-state index < -0.39 is 69.2 Å². The Balaban J connectivity index is 7.28. The number of nitrogens with two attached hydrogens (primary N) is 3. The van der Waals surface area contributed by atoms with Crippen molar-refractivity contribution < 1.29 is 38.8 Å². The van der Waals surface area contributed by atoms with Crippen LogP contribution < -0.4 is 17.7 Å². The van der Waals surface area contributed by atoms with Gasteiger partial charge < -0.3 is 19.6 Å². The van der Waals surface area contributed by atoms with Gasteiger partial charge in [-0.15, -0.1) is 0 Å². The molecule has 11 nitrogen and oxygen atoms in total. The summed E-state index contributed by atoms with van der Waals surface area (Å²) in [6, 6.07) is 0. The lowest BCUT2D eigenvalue weighted by molar-refractivity contribution is -0.177. The first kappa shape index (κ1) is 38.8. The van der Waals surface area contributed by atoms with Crippen LogP contribution in [0.4, 0.5) is 0 Å². The number of hydrogen-bond donors (Lipinski definition) is 4. The predicted molar refractivity (Wildman–Crippen MR) is 156 cm³/mol. The molecule has 0 amide bonds. The van der Waals surface area contributed by atoms with Gasteiger partial charge in [-0.3, -0.25) is 19.2 Å². The lowest BCUT2D eigenvalue weighted by Crippen LogP contribution is -2.52. The molecular formula is C30H57N3O8. The second-order valence-electron chi connectivity index (χ2n) is 13.2. The van der Waals surface area contributed by atoms with Crippen molar-refractivity contribution in [3.8, 4) is 0 Å². The molecule has 0 aromatic rings. The highest BCUT2D eigenvalue weighted by molar-refractivity contribution is 5.83. The molecule has 0 heterocycles. The number of rotatable bonds is 19. The van der Waals surface area contributed by atoms with E-state index in [1.165, 1.54) is 0 Å². The molecule has 0 radical (unpaired) electrons. The topological polar surface area (TPSA) is 194 Å². The highest BCUT2D eigenvalue weighted by Gasteiger charge is 2.56. The fourth-order valence-electron chi connectivity index (χ4n) is 6.65. The van der Waals surface area contributed by atoms with Crippen LogP contribution in [0, 0.1) is 45.3 Å². The van der Waals surface area contributed by atoms with Gasteiger partial charge in [-0.05, 0) is 53.8 Å². The minimum Gasteiger partial charge on any atom is -0.481 e. The average molecular weight is 588 g/mol. The molecule has 0 spiro atoms. The van der Waals surface area contributed by atoms with Crippen molar-refractivity contribution in [1.82, 2.24) is 0 Å². The van der Waals surface area contributed by atoms with Gasteiger partial charge in [-0.1, -0.05) is 88.5 Å². The molecule has 0 saturated heterocycles. The van der Waals surface area contributed by atoms with Gasteiger partial charge in [-0.25, -0.2) is 0 Å². The van der Waals surface area contributed by atoms with Crippen LogP contribution in [0.2, 0.25) is 0 Å². The van der Waals surface area contributed by atoms with Crippen molar-refractivity contribution in [2.24, 2.45) is 63.0 Å². The smallest absolute Gasteiger partial charge is 0.328 e. The zero-order valence-corrected chi connectivity index (χ0v) is 27.0. The Kier molecular flexibility index (Phi) is 15.0. The summed E-state index contributed by atoms with van der Waals surface area (Å²) in [5, 5.41) is 10.4. The molecule has 0 fully saturated rings. The molecule has 6 atom stereocenters. The molecule has 0 aliphatic rings. The van der Waals surface area contributed by atoms with E-state index in [-0.39, 0.29) is 0 Å². The fraction of sp³-hybridized carbons (Fsp3) is 0.867. The highest BCUT2D eigenvalue weighted by atomic mass is 16.7. The van der Waals surface area contributed by atoms with Crippen LogP contribution in [0.15, 0.2) is 0 Å². The molecule has 11 heteroatoms. The largest absolute Gasteiger partial charge is 0.481 e. The molecule has 0 aliphatic carbocycles. The Labute approximate surface area is 246 Å². The molecule has 0 saturated carbocycles. The number of carbonyl (C=O) groups is 4. The third-order valence-corrected chi connectivity index (χ3v) is 10.4. The molecule has 41 heavy (non-hydrogen) atoms. The second-order valence-corrected chi connectivity index (χ2v) is 13.2. The Bertz CT molecular complexity index is 893. The van der Waals surface area contributed by atoms with E-state index in [2.05, 4.69) is 0 Å². The maximum Gasteiger partial charge on any atom is 0.328 e. The first-order valence-corrected chi connectivity index (χ1v) is 14.8.